The van der Waals surface area contributed by atoms with Gasteiger partial charge in [0.15, 0.2) is 0 Å². The zero-order chi connectivity index (χ0) is 21.8. The number of Topliss-reactive ketones (excluding diaryl/α,β-unsaturated/α-hetero) is 1. The van der Waals surface area contributed by atoms with Crippen molar-refractivity contribution < 1.29 is 31.1 Å². The lowest BCUT2D eigenvalue weighted by atomic mass is 9.97. The molecule has 2 fully saturated rings. The zero-order valence-corrected chi connectivity index (χ0v) is 15.2. The number of halogens is 6. The summed E-state index contributed by atoms with van der Waals surface area (Å²) >= 11 is 0. The molecular formula is C19H16F6N4O. The Balaban J connectivity index is 1.37. The van der Waals surface area contributed by atoms with E-state index in [2.05, 4.69) is 21.7 Å². The molecule has 0 aromatic heterocycles. The lowest BCUT2D eigenvalue weighted by Gasteiger charge is -2.16. The molecule has 30 heavy (non-hydrogen) atoms. The van der Waals surface area contributed by atoms with Gasteiger partial charge in [0.05, 0.1) is 0 Å². The molecular weight excluding hydrogens is 414 g/mol. The van der Waals surface area contributed by atoms with Gasteiger partial charge in [-0.25, -0.2) is 21.7 Å². The monoisotopic (exact) mass is 430 g/mol. The Morgan fingerprint density at radius 2 is 0.933 bits per heavy atom. The van der Waals surface area contributed by atoms with E-state index in [4.69, 9.17) is 0 Å². The number of carbonyl (C=O) groups is 1. The quantitative estimate of drug-likeness (QED) is 0.417. The number of hydrazine groups is 2. The Morgan fingerprint density at radius 3 is 1.17 bits per heavy atom. The summed E-state index contributed by atoms with van der Waals surface area (Å²) in [5.41, 5.74) is 4.97. The largest absolute Gasteiger partial charge is 0.426 e. The summed E-state index contributed by atoms with van der Waals surface area (Å²) in [6.07, 6.45) is -9.02. The SMILES string of the molecule is O=C(Cc1ccc(C2(C(F)(F)F)NN2)cc1)Cc1ccc(C2(C(F)(F)F)NN2)cc1. The van der Waals surface area contributed by atoms with Gasteiger partial charge in [-0.1, -0.05) is 48.5 Å². The summed E-state index contributed by atoms with van der Waals surface area (Å²) in [7, 11) is 0. The molecule has 0 bridgehead atoms. The number of benzene rings is 2. The van der Waals surface area contributed by atoms with E-state index in [1.807, 2.05) is 0 Å². The Hall–Kier alpha value is -2.47. The number of ketones is 1. The molecule has 0 radical (unpaired) electrons. The average Bonchev–Trinajstić information content (AvgIpc) is 3.53. The first-order valence-electron chi connectivity index (χ1n) is 8.89. The molecule has 0 saturated carbocycles. The minimum atomic E-state index is -4.51. The van der Waals surface area contributed by atoms with Crippen LogP contribution in [0.25, 0.3) is 0 Å². The van der Waals surface area contributed by atoms with E-state index in [-0.39, 0.29) is 29.8 Å². The second-order valence-electron chi connectivity index (χ2n) is 7.28. The lowest BCUT2D eigenvalue weighted by molar-refractivity contribution is -0.166. The molecule has 0 amide bonds. The van der Waals surface area contributed by atoms with Crippen molar-refractivity contribution in [3.05, 3.63) is 70.8 Å². The van der Waals surface area contributed by atoms with Crippen LogP contribution in [0.2, 0.25) is 0 Å². The van der Waals surface area contributed by atoms with Crippen LogP contribution in [0.5, 0.6) is 0 Å². The summed E-state index contributed by atoms with van der Waals surface area (Å²) < 4.78 is 78.3. The van der Waals surface area contributed by atoms with Crippen LogP contribution in [0.3, 0.4) is 0 Å². The third-order valence-electron chi connectivity index (χ3n) is 5.18. The highest BCUT2D eigenvalue weighted by Gasteiger charge is 2.66. The van der Waals surface area contributed by atoms with Crippen molar-refractivity contribution >= 4 is 5.78 Å². The van der Waals surface area contributed by atoms with Gasteiger partial charge in [-0.05, 0) is 22.3 Å². The molecule has 0 aliphatic carbocycles. The zero-order valence-electron chi connectivity index (χ0n) is 15.2. The molecule has 0 spiro atoms. The van der Waals surface area contributed by atoms with Crippen molar-refractivity contribution in [2.75, 3.05) is 0 Å². The second kappa shape index (κ2) is 6.77. The maximum Gasteiger partial charge on any atom is 0.426 e. The molecule has 2 aromatic rings. The van der Waals surface area contributed by atoms with Crippen molar-refractivity contribution in [2.24, 2.45) is 0 Å². The topological polar surface area (TPSA) is 105 Å². The molecule has 0 unspecified atom stereocenters. The number of hydrogen-bond acceptors (Lipinski definition) is 5. The van der Waals surface area contributed by atoms with E-state index in [0.717, 1.165) is 0 Å². The molecule has 5 nitrogen and oxygen atoms in total. The Bertz CT molecular complexity index is 867. The van der Waals surface area contributed by atoms with E-state index in [1.54, 1.807) is 0 Å². The Labute approximate surface area is 166 Å². The highest BCUT2D eigenvalue weighted by atomic mass is 19.4. The van der Waals surface area contributed by atoms with Gasteiger partial charge in [0, 0.05) is 12.8 Å². The van der Waals surface area contributed by atoms with Gasteiger partial charge < -0.3 is 0 Å². The maximum atomic E-state index is 13.1. The van der Waals surface area contributed by atoms with E-state index < -0.39 is 23.7 Å². The van der Waals surface area contributed by atoms with Crippen LogP contribution >= 0.6 is 0 Å². The van der Waals surface area contributed by atoms with Gasteiger partial charge in [0.1, 0.15) is 5.78 Å². The average molecular weight is 430 g/mol. The standard InChI is InChI=1S/C19H16F6N4O/c20-18(21,22)16(26-27-16)13-5-1-11(2-6-13)9-15(30)10-12-3-7-14(8-4-12)17(28-29-17)19(23,24)25/h1-8,26-29H,9-10H2. The van der Waals surface area contributed by atoms with Gasteiger partial charge >= 0.3 is 12.4 Å². The molecule has 0 atom stereocenters. The van der Waals surface area contributed by atoms with Gasteiger partial charge in [-0.2, -0.15) is 26.3 Å². The first kappa shape index (κ1) is 20.8. The predicted molar refractivity (Wildman–Crippen MR) is 93.3 cm³/mol. The first-order valence-corrected chi connectivity index (χ1v) is 8.89. The van der Waals surface area contributed by atoms with Crippen molar-refractivity contribution in [2.45, 2.75) is 36.5 Å². The van der Waals surface area contributed by atoms with Gasteiger partial charge in [-0.15, -0.1) is 0 Å². The molecule has 4 N–H and O–H groups in total. The minimum absolute atomic E-state index is 0.00247. The molecule has 11 heteroatoms. The van der Waals surface area contributed by atoms with Crippen LogP contribution in [0.1, 0.15) is 22.3 Å². The third-order valence-corrected chi connectivity index (χ3v) is 5.18. The number of carbonyl (C=O) groups excluding carboxylic acids is 1. The summed E-state index contributed by atoms with van der Waals surface area (Å²) in [5, 5.41) is 0. The van der Waals surface area contributed by atoms with E-state index in [1.165, 1.54) is 48.5 Å². The fraction of sp³-hybridized carbons (Fsp3) is 0.316. The minimum Gasteiger partial charge on any atom is -0.299 e. The van der Waals surface area contributed by atoms with Crippen LogP contribution in [0, 0.1) is 0 Å². The van der Waals surface area contributed by atoms with Gasteiger partial charge in [-0.3, -0.25) is 4.79 Å². The number of nitrogens with one attached hydrogen (secondary N) is 4. The molecule has 2 aromatic carbocycles. The lowest BCUT2D eigenvalue weighted by Crippen LogP contribution is -2.34. The summed E-state index contributed by atoms with van der Waals surface area (Å²) in [6, 6.07) is 11.0. The van der Waals surface area contributed by atoms with Crippen molar-refractivity contribution in [3.8, 4) is 0 Å². The van der Waals surface area contributed by atoms with E-state index >= 15 is 0 Å². The van der Waals surface area contributed by atoms with Gasteiger partial charge in [0.25, 0.3) is 0 Å². The fourth-order valence-electron chi connectivity index (χ4n) is 3.29. The van der Waals surface area contributed by atoms with Crippen molar-refractivity contribution in [1.29, 1.82) is 0 Å². The van der Waals surface area contributed by atoms with Crippen LogP contribution in [-0.2, 0) is 29.0 Å². The first-order chi connectivity index (χ1) is 14.0. The van der Waals surface area contributed by atoms with Crippen LogP contribution in [0.15, 0.2) is 48.5 Å². The molecule has 2 aliphatic rings. The number of rotatable bonds is 6. The van der Waals surface area contributed by atoms with Crippen LogP contribution in [0.4, 0.5) is 26.3 Å². The highest BCUT2D eigenvalue weighted by Crippen LogP contribution is 2.43. The maximum absolute atomic E-state index is 13.1. The van der Waals surface area contributed by atoms with Gasteiger partial charge in [0.2, 0.25) is 11.3 Å². The third kappa shape index (κ3) is 3.58. The number of hydrogen-bond donors (Lipinski definition) is 4. The molecule has 2 aliphatic heterocycles. The summed E-state index contributed by atoms with van der Waals surface area (Å²) in [6.45, 7) is 0. The fourth-order valence-corrected chi connectivity index (χ4v) is 3.29. The van der Waals surface area contributed by atoms with Crippen molar-refractivity contribution in [1.82, 2.24) is 21.7 Å². The summed E-state index contributed by atoms with van der Waals surface area (Å²) in [5.74, 6) is -0.211. The predicted octanol–water partition coefficient (Wildman–Crippen LogP) is 2.69. The molecule has 2 saturated heterocycles. The molecule has 2 heterocycles. The Kier molecular flexibility index (Phi) is 4.69. The van der Waals surface area contributed by atoms with Crippen molar-refractivity contribution in [3.63, 3.8) is 0 Å². The van der Waals surface area contributed by atoms with Crippen LogP contribution < -0.4 is 21.7 Å². The summed E-state index contributed by atoms with van der Waals surface area (Å²) in [4.78, 5) is 12.3. The number of alkyl halides is 6. The second-order valence-corrected chi connectivity index (χ2v) is 7.28. The normalized spacial score (nSPS) is 19.4. The smallest absolute Gasteiger partial charge is 0.299 e. The van der Waals surface area contributed by atoms with Crippen LogP contribution in [-0.4, -0.2) is 18.1 Å². The molecule has 160 valence electrons. The Morgan fingerprint density at radius 1 is 0.633 bits per heavy atom. The van der Waals surface area contributed by atoms with E-state index in [9.17, 15) is 31.1 Å². The molecule has 4 rings (SSSR count). The highest BCUT2D eigenvalue weighted by molar-refractivity contribution is 5.83. The van der Waals surface area contributed by atoms with E-state index in [0.29, 0.717) is 11.1 Å².